The number of aromatic nitrogens is 1. The van der Waals surface area contributed by atoms with Crippen molar-refractivity contribution < 1.29 is 4.74 Å². The molecule has 0 saturated carbocycles. The van der Waals surface area contributed by atoms with Crippen molar-refractivity contribution in [1.82, 2.24) is 9.88 Å². The zero-order valence-corrected chi connectivity index (χ0v) is 18.1. The van der Waals surface area contributed by atoms with Crippen LogP contribution in [0.25, 0.3) is 10.9 Å². The smallest absolute Gasteiger partial charge is 0.0818 e. The Morgan fingerprint density at radius 1 is 1.03 bits per heavy atom. The average molecular weight is 389 g/mol. The normalized spacial score (nSPS) is 18.1. The summed E-state index contributed by atoms with van der Waals surface area (Å²) in [5.41, 5.74) is 6.32. The monoisotopic (exact) mass is 388 g/mol. The molecule has 1 atom stereocenters. The molecule has 1 aromatic heterocycles. The van der Waals surface area contributed by atoms with E-state index in [1.54, 1.807) is 0 Å². The zero-order valence-electron chi connectivity index (χ0n) is 18.1. The van der Waals surface area contributed by atoms with E-state index in [0.29, 0.717) is 0 Å². The van der Waals surface area contributed by atoms with Crippen LogP contribution < -0.4 is 0 Å². The molecule has 0 N–H and O–H groups in total. The third kappa shape index (κ3) is 4.22. The predicted octanol–water partition coefficient (Wildman–Crippen LogP) is 5.59. The van der Waals surface area contributed by atoms with Crippen molar-refractivity contribution in [3.8, 4) is 0 Å². The zero-order chi connectivity index (χ0) is 20.4. The number of ether oxygens (including phenoxy) is 1. The van der Waals surface area contributed by atoms with Gasteiger partial charge in [-0.3, -0.25) is 4.98 Å². The Balaban J connectivity index is 1.61. The molecule has 152 valence electrons. The largest absolute Gasteiger partial charge is 0.373 e. The second kappa shape index (κ2) is 8.25. The molecule has 1 unspecified atom stereocenters. The van der Waals surface area contributed by atoms with Crippen LogP contribution in [0.4, 0.5) is 0 Å². The lowest BCUT2D eigenvalue weighted by molar-refractivity contribution is 0.00695. The van der Waals surface area contributed by atoms with E-state index in [1.807, 2.05) is 12.3 Å². The summed E-state index contributed by atoms with van der Waals surface area (Å²) in [7, 11) is 2.22. The summed E-state index contributed by atoms with van der Waals surface area (Å²) in [5.74, 6) is 0. The van der Waals surface area contributed by atoms with Crippen molar-refractivity contribution >= 4 is 10.9 Å². The second-order valence-corrected chi connectivity index (χ2v) is 8.84. The predicted molar refractivity (Wildman–Crippen MR) is 120 cm³/mol. The Morgan fingerprint density at radius 2 is 1.83 bits per heavy atom. The number of fused-ring (bicyclic) bond motifs is 1. The van der Waals surface area contributed by atoms with Gasteiger partial charge in [-0.05, 0) is 71.4 Å². The Morgan fingerprint density at radius 3 is 2.59 bits per heavy atom. The fourth-order valence-corrected chi connectivity index (χ4v) is 4.60. The average Bonchev–Trinajstić information content (AvgIpc) is 2.73. The topological polar surface area (TPSA) is 25.4 Å². The van der Waals surface area contributed by atoms with Crippen LogP contribution in [-0.2, 0) is 10.2 Å². The van der Waals surface area contributed by atoms with Crippen molar-refractivity contribution in [1.29, 1.82) is 0 Å². The van der Waals surface area contributed by atoms with Gasteiger partial charge in [0.2, 0.25) is 0 Å². The minimum absolute atomic E-state index is 0.00800. The molecule has 1 aliphatic heterocycles. The van der Waals surface area contributed by atoms with Crippen LogP contribution in [0.1, 0.15) is 48.1 Å². The van der Waals surface area contributed by atoms with Gasteiger partial charge >= 0.3 is 0 Å². The first-order chi connectivity index (χ1) is 14.0. The molecule has 0 radical (unpaired) electrons. The van der Waals surface area contributed by atoms with Crippen molar-refractivity contribution in [2.45, 2.75) is 45.1 Å². The Labute approximate surface area is 174 Å². The Hall–Kier alpha value is -2.23. The second-order valence-electron chi connectivity index (χ2n) is 8.84. The third-order valence-corrected chi connectivity index (χ3v) is 6.50. The molecule has 3 heteroatoms. The number of nitrogens with zero attached hydrogens (tertiary/aromatic N) is 2. The van der Waals surface area contributed by atoms with E-state index >= 15 is 0 Å². The standard InChI is InChI=1S/C26H32N2O/c1-19-7-5-9-23(16-19)26(10-13-28(4)14-11-26)18-29-21(3)24-17-20(2)15-22-8-6-12-27-25(22)24/h5-9,12,15-17,21H,10-11,13-14,18H2,1-4H3. The van der Waals surface area contributed by atoms with Gasteiger partial charge in [-0.2, -0.15) is 0 Å². The van der Waals surface area contributed by atoms with Crippen LogP contribution >= 0.6 is 0 Å². The van der Waals surface area contributed by atoms with E-state index < -0.39 is 0 Å². The van der Waals surface area contributed by atoms with Gasteiger partial charge in [-0.1, -0.05) is 47.5 Å². The number of hydrogen-bond acceptors (Lipinski definition) is 3. The van der Waals surface area contributed by atoms with E-state index in [4.69, 9.17) is 4.74 Å². The van der Waals surface area contributed by atoms with Gasteiger partial charge in [0.1, 0.15) is 0 Å². The van der Waals surface area contributed by atoms with E-state index in [0.717, 1.165) is 38.1 Å². The summed E-state index contributed by atoms with van der Waals surface area (Å²) >= 11 is 0. The SMILES string of the molecule is Cc1cccc(C2(COC(C)c3cc(C)cc4cccnc34)CCN(C)CC2)c1. The number of rotatable bonds is 5. The van der Waals surface area contributed by atoms with Gasteiger partial charge in [-0.25, -0.2) is 0 Å². The maximum absolute atomic E-state index is 6.60. The minimum Gasteiger partial charge on any atom is -0.373 e. The van der Waals surface area contributed by atoms with Gasteiger partial charge in [0, 0.05) is 22.6 Å². The van der Waals surface area contributed by atoms with E-state index in [2.05, 4.69) is 80.2 Å². The molecule has 0 bridgehead atoms. The minimum atomic E-state index is 0.00800. The lowest BCUT2D eigenvalue weighted by Crippen LogP contribution is -2.44. The van der Waals surface area contributed by atoms with Crippen molar-refractivity contribution in [2.75, 3.05) is 26.7 Å². The molecule has 1 aliphatic rings. The fourth-order valence-electron chi connectivity index (χ4n) is 4.60. The van der Waals surface area contributed by atoms with Gasteiger partial charge in [0.25, 0.3) is 0 Å². The molecular weight excluding hydrogens is 356 g/mol. The number of likely N-dealkylation sites (tertiary alicyclic amines) is 1. The third-order valence-electron chi connectivity index (χ3n) is 6.50. The van der Waals surface area contributed by atoms with Gasteiger partial charge in [-0.15, -0.1) is 0 Å². The molecule has 1 fully saturated rings. The van der Waals surface area contributed by atoms with E-state index in [-0.39, 0.29) is 11.5 Å². The maximum Gasteiger partial charge on any atom is 0.0818 e. The highest BCUT2D eigenvalue weighted by atomic mass is 16.5. The highest BCUT2D eigenvalue weighted by Gasteiger charge is 2.36. The lowest BCUT2D eigenvalue weighted by Gasteiger charge is -2.41. The molecule has 2 heterocycles. The van der Waals surface area contributed by atoms with Crippen molar-refractivity contribution in [3.05, 3.63) is 77.0 Å². The first-order valence-electron chi connectivity index (χ1n) is 10.7. The van der Waals surface area contributed by atoms with Crippen LogP contribution in [0.3, 0.4) is 0 Å². The Bertz CT molecular complexity index is 989. The molecule has 0 aliphatic carbocycles. The number of pyridine rings is 1. The van der Waals surface area contributed by atoms with E-state index in [1.165, 1.54) is 27.6 Å². The first-order valence-corrected chi connectivity index (χ1v) is 10.7. The summed E-state index contributed by atoms with van der Waals surface area (Å²) in [6.45, 7) is 9.46. The molecule has 4 rings (SSSR count). The maximum atomic E-state index is 6.60. The summed E-state index contributed by atoms with van der Waals surface area (Å²) in [6.07, 6.45) is 4.14. The summed E-state index contributed by atoms with van der Waals surface area (Å²) in [4.78, 5) is 7.07. The molecular formula is C26H32N2O. The van der Waals surface area contributed by atoms with Crippen molar-refractivity contribution in [2.24, 2.45) is 0 Å². The number of benzene rings is 2. The van der Waals surface area contributed by atoms with E-state index in [9.17, 15) is 0 Å². The molecule has 1 saturated heterocycles. The van der Waals surface area contributed by atoms with Gasteiger partial charge in [0.05, 0.1) is 18.2 Å². The highest BCUT2D eigenvalue weighted by Crippen LogP contribution is 2.38. The fraction of sp³-hybridized carbons (Fsp3) is 0.423. The molecule has 0 amide bonds. The number of piperidine rings is 1. The molecule has 3 aromatic rings. The summed E-state index contributed by atoms with van der Waals surface area (Å²) < 4.78 is 6.60. The number of hydrogen-bond donors (Lipinski definition) is 0. The van der Waals surface area contributed by atoms with Crippen LogP contribution in [0, 0.1) is 13.8 Å². The first kappa shape index (κ1) is 20.1. The molecule has 29 heavy (non-hydrogen) atoms. The van der Waals surface area contributed by atoms with Gasteiger partial charge < -0.3 is 9.64 Å². The lowest BCUT2D eigenvalue weighted by atomic mass is 9.73. The quantitative estimate of drug-likeness (QED) is 0.569. The van der Waals surface area contributed by atoms with Gasteiger partial charge in [0.15, 0.2) is 0 Å². The Kier molecular flexibility index (Phi) is 5.71. The summed E-state index contributed by atoms with van der Waals surface area (Å²) in [6, 6.07) is 17.6. The molecule has 2 aromatic carbocycles. The summed E-state index contributed by atoms with van der Waals surface area (Å²) in [5, 5.41) is 1.19. The van der Waals surface area contributed by atoms with Crippen LogP contribution in [0.5, 0.6) is 0 Å². The van der Waals surface area contributed by atoms with Crippen LogP contribution in [0.15, 0.2) is 54.7 Å². The number of aryl methyl sites for hydroxylation is 2. The highest BCUT2D eigenvalue weighted by molar-refractivity contribution is 5.82. The molecule has 0 spiro atoms. The molecule has 3 nitrogen and oxygen atoms in total. The van der Waals surface area contributed by atoms with Crippen LogP contribution in [0.2, 0.25) is 0 Å². The van der Waals surface area contributed by atoms with Crippen LogP contribution in [-0.4, -0.2) is 36.6 Å². The van der Waals surface area contributed by atoms with Crippen molar-refractivity contribution in [3.63, 3.8) is 0 Å².